The molecule has 4 nitrogen and oxygen atoms in total. The van der Waals surface area contributed by atoms with Crippen LogP contribution in [0.15, 0.2) is 41.8 Å². The molecule has 8 heteroatoms. The minimum Gasteiger partial charge on any atom is -0.350 e. The van der Waals surface area contributed by atoms with Crippen LogP contribution >= 0.6 is 11.3 Å². The van der Waals surface area contributed by atoms with Gasteiger partial charge in [-0.3, -0.25) is 9.59 Å². The van der Waals surface area contributed by atoms with E-state index in [2.05, 4.69) is 5.32 Å². The lowest BCUT2D eigenvalue weighted by Crippen LogP contribution is -2.38. The lowest BCUT2D eigenvalue weighted by Gasteiger charge is -2.24. The van der Waals surface area contributed by atoms with Gasteiger partial charge in [-0.15, -0.1) is 11.3 Å². The molecule has 0 bridgehead atoms. The van der Waals surface area contributed by atoms with E-state index < -0.39 is 17.6 Å². The first-order chi connectivity index (χ1) is 11.3. The molecule has 0 aliphatic carbocycles. The number of benzene rings is 1. The number of nitrogens with zero attached hydrogens (tertiary/aromatic N) is 1. The van der Waals surface area contributed by atoms with Crippen LogP contribution in [0.25, 0.3) is 0 Å². The summed E-state index contributed by atoms with van der Waals surface area (Å²) in [6.45, 7) is 1.18. The fourth-order valence-corrected chi connectivity index (χ4v) is 2.81. The highest BCUT2D eigenvalue weighted by Crippen LogP contribution is 2.36. The van der Waals surface area contributed by atoms with Gasteiger partial charge in [0, 0.05) is 20.0 Å². The number of thiophene rings is 1. The first-order valence-electron chi connectivity index (χ1n) is 7.06. The van der Waals surface area contributed by atoms with Crippen molar-refractivity contribution >= 4 is 28.8 Å². The maximum absolute atomic E-state index is 13.1. The van der Waals surface area contributed by atoms with Crippen LogP contribution in [0.4, 0.5) is 18.9 Å². The molecule has 1 aromatic carbocycles. The highest BCUT2D eigenvalue weighted by molar-refractivity contribution is 7.12. The molecule has 0 saturated heterocycles. The van der Waals surface area contributed by atoms with E-state index in [1.165, 1.54) is 36.5 Å². The Bertz CT molecular complexity index is 714. The molecule has 0 unspecified atom stereocenters. The predicted octanol–water partition coefficient (Wildman–Crippen LogP) is 3.55. The smallest absolute Gasteiger partial charge is 0.350 e. The first-order valence-corrected chi connectivity index (χ1v) is 7.94. The zero-order valence-electron chi connectivity index (χ0n) is 12.8. The third-order valence-corrected chi connectivity index (χ3v) is 4.11. The molecule has 128 valence electrons. The summed E-state index contributed by atoms with van der Waals surface area (Å²) in [5.74, 6) is -0.852. The normalized spacial score (nSPS) is 11.2. The van der Waals surface area contributed by atoms with Gasteiger partial charge in [0.15, 0.2) is 0 Å². The molecule has 2 amide bonds. The van der Waals surface area contributed by atoms with Crippen molar-refractivity contribution in [1.29, 1.82) is 0 Å². The molecule has 1 heterocycles. The van der Waals surface area contributed by atoms with Crippen LogP contribution in [0.3, 0.4) is 0 Å². The minimum atomic E-state index is -4.56. The summed E-state index contributed by atoms with van der Waals surface area (Å²) in [6, 6.07) is 8.23. The van der Waals surface area contributed by atoms with Crippen molar-refractivity contribution in [1.82, 2.24) is 5.32 Å². The Morgan fingerprint density at radius 3 is 2.46 bits per heavy atom. The Hall–Kier alpha value is -2.35. The number of nitrogens with one attached hydrogen (secondary N) is 1. The van der Waals surface area contributed by atoms with Crippen molar-refractivity contribution in [2.24, 2.45) is 0 Å². The Balaban J connectivity index is 2.11. The Kier molecular flexibility index (Phi) is 5.61. The van der Waals surface area contributed by atoms with Gasteiger partial charge in [-0.2, -0.15) is 13.2 Å². The second-order valence-corrected chi connectivity index (χ2v) is 5.87. The van der Waals surface area contributed by atoms with Gasteiger partial charge < -0.3 is 10.2 Å². The van der Waals surface area contributed by atoms with E-state index in [0.717, 1.165) is 11.0 Å². The van der Waals surface area contributed by atoms with Gasteiger partial charge in [-0.25, -0.2) is 0 Å². The minimum absolute atomic E-state index is 0.0442. The van der Waals surface area contributed by atoms with Crippen molar-refractivity contribution in [3.05, 3.63) is 52.2 Å². The van der Waals surface area contributed by atoms with Crippen LogP contribution in [-0.4, -0.2) is 24.9 Å². The Morgan fingerprint density at radius 1 is 1.17 bits per heavy atom. The number of rotatable bonds is 5. The molecule has 0 aliphatic heterocycles. The van der Waals surface area contributed by atoms with Crippen molar-refractivity contribution in [2.75, 3.05) is 18.0 Å². The summed E-state index contributed by atoms with van der Waals surface area (Å²) in [5, 5.41) is 4.34. The molecule has 2 aromatic rings. The van der Waals surface area contributed by atoms with Gasteiger partial charge in [-0.1, -0.05) is 18.2 Å². The number of carbonyl (C=O) groups is 2. The second kappa shape index (κ2) is 7.48. The lowest BCUT2D eigenvalue weighted by atomic mass is 10.1. The van der Waals surface area contributed by atoms with Gasteiger partial charge >= 0.3 is 6.18 Å². The Morgan fingerprint density at radius 2 is 1.88 bits per heavy atom. The fraction of sp³-hybridized carbons (Fsp3) is 0.250. The van der Waals surface area contributed by atoms with E-state index in [4.69, 9.17) is 0 Å². The summed E-state index contributed by atoms with van der Waals surface area (Å²) >= 11 is 1.26. The summed E-state index contributed by atoms with van der Waals surface area (Å²) < 4.78 is 39.3. The quantitative estimate of drug-likeness (QED) is 0.891. The number of alkyl halides is 3. The van der Waals surface area contributed by atoms with Crippen LogP contribution in [0.5, 0.6) is 0 Å². The van der Waals surface area contributed by atoms with E-state index >= 15 is 0 Å². The first kappa shape index (κ1) is 18.0. The highest BCUT2D eigenvalue weighted by Gasteiger charge is 2.35. The third-order valence-electron chi connectivity index (χ3n) is 3.25. The van der Waals surface area contributed by atoms with Crippen LogP contribution in [0, 0.1) is 0 Å². The van der Waals surface area contributed by atoms with Gasteiger partial charge in [0.1, 0.15) is 0 Å². The monoisotopic (exact) mass is 356 g/mol. The molecule has 1 aromatic heterocycles. The molecular weight excluding hydrogens is 341 g/mol. The number of carbonyl (C=O) groups excluding carboxylic acids is 2. The molecule has 1 N–H and O–H groups in total. The number of halogens is 3. The summed E-state index contributed by atoms with van der Waals surface area (Å²) in [6.07, 6.45) is -4.56. The largest absolute Gasteiger partial charge is 0.418 e. The lowest BCUT2D eigenvalue weighted by molar-refractivity contribution is -0.137. The average Bonchev–Trinajstić information content (AvgIpc) is 3.04. The maximum Gasteiger partial charge on any atom is 0.418 e. The van der Waals surface area contributed by atoms with Crippen LogP contribution in [-0.2, 0) is 11.0 Å². The van der Waals surface area contributed by atoms with E-state index in [9.17, 15) is 22.8 Å². The van der Waals surface area contributed by atoms with Crippen molar-refractivity contribution < 1.29 is 22.8 Å². The summed E-state index contributed by atoms with van der Waals surface area (Å²) in [4.78, 5) is 25.1. The zero-order valence-corrected chi connectivity index (χ0v) is 13.6. The number of amides is 2. The maximum atomic E-state index is 13.1. The molecule has 0 fully saturated rings. The van der Waals surface area contributed by atoms with E-state index in [-0.39, 0.29) is 24.7 Å². The summed E-state index contributed by atoms with van der Waals surface area (Å²) in [7, 11) is 0. The standard InChI is InChI=1S/C16H15F3N2O2S/c1-11(22)21(9-8-20-15(23)14-7-4-10-24-14)13-6-3-2-5-12(13)16(17,18)19/h2-7,10H,8-9H2,1H3,(H,20,23). The fourth-order valence-electron chi connectivity index (χ4n) is 2.17. The highest BCUT2D eigenvalue weighted by atomic mass is 32.1. The summed E-state index contributed by atoms with van der Waals surface area (Å²) in [5.41, 5.74) is -1.10. The molecule has 24 heavy (non-hydrogen) atoms. The van der Waals surface area contributed by atoms with E-state index in [0.29, 0.717) is 4.88 Å². The molecule has 0 aliphatic rings. The SMILES string of the molecule is CC(=O)N(CCNC(=O)c1cccs1)c1ccccc1C(F)(F)F. The molecule has 2 rings (SSSR count). The van der Waals surface area contributed by atoms with Gasteiger partial charge in [0.2, 0.25) is 5.91 Å². The van der Waals surface area contributed by atoms with Crippen LogP contribution in [0.2, 0.25) is 0 Å². The van der Waals surface area contributed by atoms with E-state index in [1.54, 1.807) is 17.5 Å². The number of hydrogen-bond donors (Lipinski definition) is 1. The molecule has 0 atom stereocenters. The van der Waals surface area contributed by atoms with Gasteiger partial charge in [-0.05, 0) is 23.6 Å². The number of para-hydroxylation sites is 1. The number of hydrogen-bond acceptors (Lipinski definition) is 3. The van der Waals surface area contributed by atoms with Crippen molar-refractivity contribution in [3.8, 4) is 0 Å². The predicted molar refractivity (Wildman–Crippen MR) is 86.1 cm³/mol. The third kappa shape index (κ3) is 4.35. The van der Waals surface area contributed by atoms with Crippen molar-refractivity contribution in [2.45, 2.75) is 13.1 Å². The second-order valence-electron chi connectivity index (χ2n) is 4.92. The average molecular weight is 356 g/mol. The van der Waals surface area contributed by atoms with Gasteiger partial charge in [0.25, 0.3) is 5.91 Å². The van der Waals surface area contributed by atoms with Crippen LogP contribution < -0.4 is 10.2 Å². The Labute approximate surface area is 140 Å². The number of anilines is 1. The topological polar surface area (TPSA) is 49.4 Å². The zero-order chi connectivity index (χ0) is 17.7. The van der Waals surface area contributed by atoms with E-state index in [1.807, 2.05) is 0 Å². The van der Waals surface area contributed by atoms with Crippen LogP contribution in [0.1, 0.15) is 22.2 Å². The van der Waals surface area contributed by atoms with Gasteiger partial charge in [0.05, 0.1) is 16.1 Å². The van der Waals surface area contributed by atoms with Crippen molar-refractivity contribution in [3.63, 3.8) is 0 Å². The molecular formula is C16H15F3N2O2S. The molecule has 0 saturated carbocycles. The molecule has 0 radical (unpaired) electrons. The molecule has 0 spiro atoms.